The van der Waals surface area contributed by atoms with Gasteiger partial charge in [-0.3, -0.25) is 4.79 Å². The second-order valence-electron chi connectivity index (χ2n) is 5.99. The van der Waals surface area contributed by atoms with Crippen LogP contribution in [0.15, 0.2) is 77.4 Å². The monoisotopic (exact) mass is 361 g/mol. The molecule has 0 fully saturated rings. The lowest BCUT2D eigenvalue weighted by Crippen LogP contribution is -2.27. The van der Waals surface area contributed by atoms with Crippen LogP contribution in [0.2, 0.25) is 0 Å². The van der Waals surface area contributed by atoms with Crippen LogP contribution in [0.5, 0.6) is 5.75 Å². The smallest absolute Gasteiger partial charge is 0.255 e. The van der Waals surface area contributed by atoms with Crippen molar-refractivity contribution >= 4 is 11.6 Å². The lowest BCUT2D eigenvalue weighted by molar-refractivity contribution is -0.113. The molecule has 1 heterocycles. The molecule has 1 atom stereocenters. The molecular weight excluding hydrogens is 342 g/mol. The molecule has 0 unspecified atom stereocenters. The van der Waals surface area contributed by atoms with E-state index >= 15 is 0 Å². The third-order valence-electron chi connectivity index (χ3n) is 4.31. The Morgan fingerprint density at radius 1 is 1.22 bits per heavy atom. The highest BCUT2D eigenvalue weighted by Crippen LogP contribution is 2.40. The zero-order valence-electron chi connectivity index (χ0n) is 15.0. The molecule has 136 valence electrons. The van der Waals surface area contributed by atoms with Gasteiger partial charge < -0.3 is 20.5 Å². The second kappa shape index (κ2) is 7.67. The van der Waals surface area contributed by atoms with Crippen LogP contribution in [-0.2, 0) is 9.53 Å². The molecule has 0 bridgehead atoms. The van der Waals surface area contributed by atoms with Crippen LogP contribution in [0, 0.1) is 11.3 Å². The zero-order valence-corrected chi connectivity index (χ0v) is 15.0. The number of anilines is 1. The summed E-state index contributed by atoms with van der Waals surface area (Å²) in [6, 6.07) is 18.4. The number of nitrogens with two attached hydrogens (primary N) is 1. The summed E-state index contributed by atoms with van der Waals surface area (Å²) in [6.07, 6.45) is 0. The third kappa shape index (κ3) is 3.62. The number of para-hydroxylation sites is 1. The van der Waals surface area contributed by atoms with Gasteiger partial charge in [0.15, 0.2) is 0 Å². The van der Waals surface area contributed by atoms with Crippen molar-refractivity contribution in [3.05, 3.63) is 82.9 Å². The molecule has 0 aromatic heterocycles. The van der Waals surface area contributed by atoms with Gasteiger partial charge in [-0.05, 0) is 36.8 Å². The van der Waals surface area contributed by atoms with Gasteiger partial charge in [0, 0.05) is 5.69 Å². The van der Waals surface area contributed by atoms with Gasteiger partial charge in [-0.2, -0.15) is 5.26 Å². The number of nitrogens with one attached hydrogen (secondary N) is 1. The minimum absolute atomic E-state index is 0.000851. The van der Waals surface area contributed by atoms with E-state index in [9.17, 15) is 10.1 Å². The van der Waals surface area contributed by atoms with Crippen molar-refractivity contribution in [1.29, 1.82) is 5.26 Å². The Balaban J connectivity index is 2.07. The number of carbonyl (C=O) groups excluding carboxylic acids is 1. The summed E-state index contributed by atoms with van der Waals surface area (Å²) in [5, 5.41) is 12.5. The maximum Gasteiger partial charge on any atom is 0.255 e. The Morgan fingerprint density at radius 2 is 1.96 bits per heavy atom. The molecule has 3 rings (SSSR count). The average Bonchev–Trinajstić information content (AvgIpc) is 2.68. The highest BCUT2D eigenvalue weighted by molar-refractivity contribution is 6.06. The number of benzene rings is 2. The van der Waals surface area contributed by atoms with Crippen molar-refractivity contribution in [2.45, 2.75) is 12.8 Å². The Labute approximate surface area is 157 Å². The van der Waals surface area contributed by atoms with Gasteiger partial charge in [0.25, 0.3) is 5.91 Å². The summed E-state index contributed by atoms with van der Waals surface area (Å²) in [7, 11) is 1.56. The van der Waals surface area contributed by atoms with Crippen molar-refractivity contribution in [2.75, 3.05) is 12.4 Å². The van der Waals surface area contributed by atoms with Crippen molar-refractivity contribution in [1.82, 2.24) is 0 Å². The van der Waals surface area contributed by atoms with Crippen LogP contribution in [0.3, 0.4) is 0 Å². The number of methoxy groups -OCH3 is 1. The quantitative estimate of drug-likeness (QED) is 0.870. The van der Waals surface area contributed by atoms with E-state index in [0.29, 0.717) is 22.8 Å². The molecule has 27 heavy (non-hydrogen) atoms. The summed E-state index contributed by atoms with van der Waals surface area (Å²) < 4.78 is 10.8. The van der Waals surface area contributed by atoms with Crippen molar-refractivity contribution in [2.24, 2.45) is 5.73 Å². The number of ether oxygens (including phenoxy) is 2. The molecule has 0 saturated carbocycles. The summed E-state index contributed by atoms with van der Waals surface area (Å²) >= 11 is 0. The second-order valence-corrected chi connectivity index (χ2v) is 5.99. The van der Waals surface area contributed by atoms with Gasteiger partial charge in [-0.25, -0.2) is 0 Å². The molecule has 0 radical (unpaired) electrons. The normalized spacial score (nSPS) is 16.4. The summed E-state index contributed by atoms with van der Waals surface area (Å²) in [6.45, 7) is 1.66. The van der Waals surface area contributed by atoms with E-state index in [0.717, 1.165) is 5.56 Å². The molecule has 1 aliphatic rings. The predicted molar refractivity (Wildman–Crippen MR) is 101 cm³/mol. The molecular formula is C21H19N3O3. The van der Waals surface area contributed by atoms with Gasteiger partial charge in [-0.1, -0.05) is 30.3 Å². The number of hydrogen-bond donors (Lipinski definition) is 2. The third-order valence-corrected chi connectivity index (χ3v) is 4.31. The SMILES string of the molecule is COc1cccc([C@H]2C(C#N)=C(N)OC(C)=C2C(=O)Nc2ccccc2)c1. The Hall–Kier alpha value is -3.72. The molecule has 2 aromatic rings. The molecule has 3 N–H and O–H groups in total. The fourth-order valence-corrected chi connectivity index (χ4v) is 3.05. The number of nitrogens with zero attached hydrogens (tertiary/aromatic N) is 1. The highest BCUT2D eigenvalue weighted by atomic mass is 16.5. The van der Waals surface area contributed by atoms with Crippen LogP contribution < -0.4 is 15.8 Å². The minimum Gasteiger partial charge on any atom is -0.497 e. The van der Waals surface area contributed by atoms with E-state index in [1.807, 2.05) is 24.3 Å². The standard InChI is InChI=1S/C21H19N3O3/c1-13-18(21(25)24-15-8-4-3-5-9-15)19(17(12-22)20(23)27-13)14-7-6-10-16(11-14)26-2/h3-11,19H,23H2,1-2H3,(H,24,25)/t19-/m0/s1. The predicted octanol–water partition coefficient (Wildman–Crippen LogP) is 3.42. The first kappa shape index (κ1) is 18.1. The lowest BCUT2D eigenvalue weighted by Gasteiger charge is -2.27. The summed E-state index contributed by atoms with van der Waals surface area (Å²) in [5.74, 6) is -0.0310. The summed E-state index contributed by atoms with van der Waals surface area (Å²) in [4.78, 5) is 13.0. The molecule has 0 saturated heterocycles. The maximum absolute atomic E-state index is 13.0. The number of amides is 1. The van der Waals surface area contributed by atoms with Gasteiger partial charge >= 0.3 is 0 Å². The highest BCUT2D eigenvalue weighted by Gasteiger charge is 2.35. The van der Waals surface area contributed by atoms with E-state index < -0.39 is 5.92 Å². The molecule has 1 aliphatic heterocycles. The summed E-state index contributed by atoms with van der Waals surface area (Å²) in [5.41, 5.74) is 7.81. The first-order valence-electron chi connectivity index (χ1n) is 8.34. The molecule has 0 spiro atoms. The zero-order chi connectivity index (χ0) is 19.4. The topological polar surface area (TPSA) is 97.4 Å². The van der Waals surface area contributed by atoms with Crippen molar-refractivity contribution in [3.8, 4) is 11.8 Å². The molecule has 6 nitrogen and oxygen atoms in total. The van der Waals surface area contributed by atoms with Gasteiger partial charge in [0.1, 0.15) is 23.2 Å². The van der Waals surface area contributed by atoms with Crippen LogP contribution in [-0.4, -0.2) is 13.0 Å². The van der Waals surface area contributed by atoms with Gasteiger partial charge in [-0.15, -0.1) is 0 Å². The first-order chi connectivity index (χ1) is 13.0. The largest absolute Gasteiger partial charge is 0.497 e. The number of carbonyl (C=O) groups is 1. The van der Waals surface area contributed by atoms with Crippen LogP contribution in [0.25, 0.3) is 0 Å². The Kier molecular flexibility index (Phi) is 5.13. The van der Waals surface area contributed by atoms with Gasteiger partial charge in [0.2, 0.25) is 5.88 Å². The first-order valence-corrected chi connectivity index (χ1v) is 8.34. The number of hydrogen-bond acceptors (Lipinski definition) is 5. The van der Waals surface area contributed by atoms with Crippen molar-refractivity contribution in [3.63, 3.8) is 0 Å². The van der Waals surface area contributed by atoms with E-state index in [1.54, 1.807) is 44.4 Å². The van der Waals surface area contributed by atoms with Crippen LogP contribution in [0.4, 0.5) is 5.69 Å². The maximum atomic E-state index is 13.0. The van der Waals surface area contributed by atoms with Crippen molar-refractivity contribution < 1.29 is 14.3 Å². The molecule has 1 amide bonds. The Morgan fingerprint density at radius 3 is 2.63 bits per heavy atom. The fraction of sp³-hybridized carbons (Fsp3) is 0.143. The van der Waals surface area contributed by atoms with E-state index in [-0.39, 0.29) is 17.4 Å². The number of allylic oxidation sites excluding steroid dienone is 2. The number of rotatable bonds is 4. The van der Waals surface area contributed by atoms with Crippen LogP contribution in [0.1, 0.15) is 18.4 Å². The number of nitriles is 1. The van der Waals surface area contributed by atoms with Gasteiger partial charge in [0.05, 0.1) is 18.6 Å². The van der Waals surface area contributed by atoms with E-state index in [1.165, 1.54) is 0 Å². The Bertz CT molecular complexity index is 972. The minimum atomic E-state index is -0.650. The molecule has 6 heteroatoms. The molecule has 2 aromatic carbocycles. The van der Waals surface area contributed by atoms with Crippen LogP contribution >= 0.6 is 0 Å². The fourth-order valence-electron chi connectivity index (χ4n) is 3.05. The van der Waals surface area contributed by atoms with E-state index in [4.69, 9.17) is 15.2 Å². The lowest BCUT2D eigenvalue weighted by atomic mass is 9.82. The molecule has 0 aliphatic carbocycles. The average molecular weight is 361 g/mol. The van der Waals surface area contributed by atoms with E-state index in [2.05, 4.69) is 11.4 Å².